The van der Waals surface area contributed by atoms with Gasteiger partial charge in [0.25, 0.3) is 0 Å². The van der Waals surface area contributed by atoms with Crippen LogP contribution in [0.1, 0.15) is 0 Å². The first-order valence-electron chi connectivity index (χ1n) is 6.06. The van der Waals surface area contributed by atoms with Gasteiger partial charge in [0.2, 0.25) is 0 Å². The van der Waals surface area contributed by atoms with Crippen molar-refractivity contribution in [2.45, 2.75) is 0 Å². The van der Waals surface area contributed by atoms with E-state index < -0.39 is 0 Å². The Morgan fingerprint density at radius 1 is 0.955 bits per heavy atom. The topological polar surface area (TPSA) is 48.1 Å². The molecule has 22 heavy (non-hydrogen) atoms. The number of nitrogens with two attached hydrogens (primary N) is 1. The van der Waals surface area contributed by atoms with Crippen LogP contribution >= 0.6 is 58.5 Å². The first-order chi connectivity index (χ1) is 10.1. The van der Waals surface area contributed by atoms with E-state index in [9.17, 15) is 0 Å². The second-order valence-corrected chi connectivity index (χ2v) is 5.98. The molecule has 1 aromatic heterocycles. The zero-order valence-corrected chi connectivity index (χ0v) is 15.8. The van der Waals surface area contributed by atoms with Gasteiger partial charge in [-0.2, -0.15) is 0 Å². The van der Waals surface area contributed by atoms with Gasteiger partial charge in [-0.3, -0.25) is 0 Å². The van der Waals surface area contributed by atoms with Crippen LogP contribution in [0.4, 0.5) is 5.13 Å². The van der Waals surface area contributed by atoms with E-state index in [1.165, 1.54) is 11.3 Å². The van der Waals surface area contributed by atoms with Crippen molar-refractivity contribution in [3.63, 3.8) is 0 Å². The van der Waals surface area contributed by atoms with Crippen LogP contribution in [0.5, 0.6) is 11.5 Å². The number of rotatable bonds is 3. The Labute approximate surface area is 159 Å². The quantitative estimate of drug-likeness (QED) is 0.475. The van der Waals surface area contributed by atoms with Crippen molar-refractivity contribution < 1.29 is 4.74 Å². The van der Waals surface area contributed by atoms with Gasteiger partial charge in [0.05, 0.1) is 15.7 Å². The van der Waals surface area contributed by atoms with E-state index in [1.54, 1.807) is 18.2 Å². The number of anilines is 1. The van der Waals surface area contributed by atoms with E-state index in [1.807, 2.05) is 29.6 Å². The number of thiazole rings is 1. The molecule has 0 aliphatic carbocycles. The molecule has 0 unspecified atom stereocenters. The molecule has 2 N–H and O–H groups in total. The van der Waals surface area contributed by atoms with E-state index in [2.05, 4.69) is 4.98 Å². The standard InChI is InChI=1S/C15H10Cl2N2OS.HI/c16-12-6-5-11(7-13(12)17)20-10-3-1-9(2-4-10)14-8-21-15(18)19-14;/h1-8H,(H2,18,19);1H. The molecule has 7 heteroatoms. The van der Waals surface area contributed by atoms with E-state index in [0.717, 1.165) is 11.3 Å². The molecule has 3 aromatic rings. The number of ether oxygens (including phenoxy) is 1. The fraction of sp³-hybridized carbons (Fsp3) is 0. The second-order valence-electron chi connectivity index (χ2n) is 4.27. The molecule has 0 atom stereocenters. The number of benzene rings is 2. The summed E-state index contributed by atoms with van der Waals surface area (Å²) in [5.41, 5.74) is 7.48. The van der Waals surface area contributed by atoms with Crippen LogP contribution in [0.3, 0.4) is 0 Å². The summed E-state index contributed by atoms with van der Waals surface area (Å²) in [4.78, 5) is 4.24. The first kappa shape index (κ1) is 17.3. The number of hydrogen-bond acceptors (Lipinski definition) is 4. The van der Waals surface area contributed by atoms with Crippen molar-refractivity contribution in [1.82, 2.24) is 4.98 Å². The highest BCUT2D eigenvalue weighted by Gasteiger charge is 2.05. The first-order valence-corrected chi connectivity index (χ1v) is 7.70. The lowest BCUT2D eigenvalue weighted by Crippen LogP contribution is -1.86. The van der Waals surface area contributed by atoms with Crippen LogP contribution in [-0.4, -0.2) is 4.98 Å². The van der Waals surface area contributed by atoms with Crippen molar-refractivity contribution in [2.24, 2.45) is 0 Å². The maximum atomic E-state index is 5.96. The summed E-state index contributed by atoms with van der Waals surface area (Å²) in [5.74, 6) is 1.34. The minimum atomic E-state index is 0. The van der Waals surface area contributed by atoms with Gasteiger partial charge in [0, 0.05) is 17.0 Å². The van der Waals surface area contributed by atoms with Gasteiger partial charge in [0.1, 0.15) is 11.5 Å². The van der Waals surface area contributed by atoms with Gasteiger partial charge in [0.15, 0.2) is 5.13 Å². The summed E-state index contributed by atoms with van der Waals surface area (Å²) >= 11 is 13.2. The molecular weight excluding hydrogens is 454 g/mol. The van der Waals surface area contributed by atoms with Gasteiger partial charge in [-0.25, -0.2) is 4.98 Å². The van der Waals surface area contributed by atoms with Crippen LogP contribution in [0.25, 0.3) is 11.3 Å². The number of aromatic nitrogens is 1. The number of hydrogen-bond donors (Lipinski definition) is 1. The molecule has 0 bridgehead atoms. The van der Waals surface area contributed by atoms with Crippen molar-refractivity contribution >= 4 is 63.6 Å². The van der Waals surface area contributed by atoms with Crippen LogP contribution in [0.2, 0.25) is 10.0 Å². The molecule has 0 aliphatic rings. The molecule has 0 aliphatic heterocycles. The SMILES string of the molecule is I.Nc1nc(-c2ccc(Oc3ccc(Cl)c(Cl)c3)cc2)cs1. The van der Waals surface area contributed by atoms with Crippen LogP contribution in [0, 0.1) is 0 Å². The summed E-state index contributed by atoms with van der Waals surface area (Å²) in [6, 6.07) is 12.7. The fourth-order valence-corrected chi connectivity index (χ4v) is 2.65. The lowest BCUT2D eigenvalue weighted by molar-refractivity contribution is 0.483. The van der Waals surface area contributed by atoms with E-state index in [0.29, 0.717) is 26.7 Å². The minimum absolute atomic E-state index is 0. The summed E-state index contributed by atoms with van der Waals surface area (Å²) in [6.07, 6.45) is 0. The van der Waals surface area contributed by atoms with Gasteiger partial charge in [-0.1, -0.05) is 23.2 Å². The van der Waals surface area contributed by atoms with Crippen LogP contribution in [-0.2, 0) is 0 Å². The Kier molecular flexibility index (Phi) is 5.91. The Balaban J connectivity index is 0.00000176. The highest BCUT2D eigenvalue weighted by Crippen LogP contribution is 2.30. The highest BCUT2D eigenvalue weighted by molar-refractivity contribution is 14.0. The molecule has 0 spiro atoms. The second kappa shape index (κ2) is 7.50. The summed E-state index contributed by atoms with van der Waals surface area (Å²) in [5, 5.41) is 3.44. The maximum Gasteiger partial charge on any atom is 0.180 e. The molecular formula is C15H11Cl2IN2OS. The molecule has 3 rings (SSSR count). The molecule has 1 heterocycles. The van der Waals surface area contributed by atoms with Gasteiger partial charge < -0.3 is 10.5 Å². The lowest BCUT2D eigenvalue weighted by Gasteiger charge is -2.07. The largest absolute Gasteiger partial charge is 0.457 e. The van der Waals surface area contributed by atoms with E-state index in [-0.39, 0.29) is 24.0 Å². The molecule has 0 saturated carbocycles. The molecule has 0 radical (unpaired) electrons. The smallest absolute Gasteiger partial charge is 0.180 e. The summed E-state index contributed by atoms with van der Waals surface area (Å²) in [6.45, 7) is 0. The summed E-state index contributed by atoms with van der Waals surface area (Å²) < 4.78 is 5.72. The zero-order chi connectivity index (χ0) is 14.8. The lowest BCUT2D eigenvalue weighted by atomic mass is 10.2. The average molecular weight is 465 g/mol. The Hall–Kier alpha value is -1.02. The Morgan fingerprint density at radius 2 is 1.64 bits per heavy atom. The van der Waals surface area contributed by atoms with Crippen LogP contribution < -0.4 is 10.5 Å². The fourth-order valence-electron chi connectivity index (χ4n) is 1.79. The monoisotopic (exact) mass is 464 g/mol. The predicted molar refractivity (Wildman–Crippen MR) is 104 cm³/mol. The third-order valence-electron chi connectivity index (χ3n) is 2.80. The Bertz CT molecular complexity index is 777. The number of nitrogens with zero attached hydrogens (tertiary/aromatic N) is 1. The average Bonchev–Trinajstić information content (AvgIpc) is 2.90. The van der Waals surface area contributed by atoms with Gasteiger partial charge in [-0.15, -0.1) is 35.3 Å². The molecule has 0 saturated heterocycles. The highest BCUT2D eigenvalue weighted by atomic mass is 127. The number of halogens is 3. The van der Waals surface area contributed by atoms with Crippen molar-refractivity contribution in [2.75, 3.05) is 5.73 Å². The molecule has 3 nitrogen and oxygen atoms in total. The molecule has 0 amide bonds. The third kappa shape index (κ3) is 4.04. The van der Waals surface area contributed by atoms with Gasteiger partial charge in [-0.05, 0) is 36.4 Å². The Morgan fingerprint density at radius 3 is 2.23 bits per heavy atom. The predicted octanol–water partition coefficient (Wildman–Crippen LogP) is 6.11. The van der Waals surface area contributed by atoms with Crippen molar-refractivity contribution in [3.8, 4) is 22.8 Å². The summed E-state index contributed by atoms with van der Waals surface area (Å²) in [7, 11) is 0. The van der Waals surface area contributed by atoms with E-state index >= 15 is 0 Å². The van der Waals surface area contributed by atoms with Crippen LogP contribution in [0.15, 0.2) is 47.8 Å². The van der Waals surface area contributed by atoms with E-state index in [4.69, 9.17) is 33.7 Å². The minimum Gasteiger partial charge on any atom is -0.457 e. The zero-order valence-electron chi connectivity index (χ0n) is 11.1. The van der Waals surface area contributed by atoms with Crippen molar-refractivity contribution in [1.29, 1.82) is 0 Å². The van der Waals surface area contributed by atoms with Gasteiger partial charge >= 0.3 is 0 Å². The maximum absolute atomic E-state index is 5.96. The third-order valence-corrected chi connectivity index (χ3v) is 4.21. The molecule has 0 fully saturated rings. The normalized spacial score (nSPS) is 10.1. The van der Waals surface area contributed by atoms with Crippen molar-refractivity contribution in [3.05, 3.63) is 57.9 Å². The number of nitrogen functional groups attached to an aromatic ring is 1. The molecule has 114 valence electrons. The molecule has 2 aromatic carbocycles.